The van der Waals surface area contributed by atoms with Crippen molar-refractivity contribution in [1.29, 1.82) is 0 Å². The normalized spacial score (nSPS) is 12.6. The minimum atomic E-state index is -0.384. The molecule has 0 bridgehead atoms. The smallest absolute Gasteiger partial charge is 0.294 e. The summed E-state index contributed by atoms with van der Waals surface area (Å²) in [5.74, 6) is 0. The molecule has 0 saturated carbocycles. The van der Waals surface area contributed by atoms with Crippen LogP contribution < -0.4 is 4.80 Å². The lowest BCUT2D eigenvalue weighted by molar-refractivity contribution is -0.384. The summed E-state index contributed by atoms with van der Waals surface area (Å²) >= 11 is 5.00. The molecule has 0 spiro atoms. The van der Waals surface area contributed by atoms with Crippen molar-refractivity contribution in [3.05, 3.63) is 109 Å². The Labute approximate surface area is 199 Å². The maximum atomic E-state index is 11.5. The molecule has 1 unspecified atom stereocenters. The number of benzene rings is 3. The van der Waals surface area contributed by atoms with Gasteiger partial charge in [0.2, 0.25) is 0 Å². The van der Waals surface area contributed by atoms with E-state index < -0.39 is 0 Å². The monoisotopic (exact) mass is 507 g/mol. The highest BCUT2D eigenvalue weighted by atomic mass is 79.9. The molecule has 1 aromatic heterocycles. The van der Waals surface area contributed by atoms with Gasteiger partial charge in [0, 0.05) is 22.0 Å². The van der Waals surface area contributed by atoms with Crippen molar-refractivity contribution in [1.82, 2.24) is 4.57 Å². The Kier molecular flexibility index (Phi) is 6.97. The minimum Gasteiger partial charge on any atom is -0.314 e. The van der Waals surface area contributed by atoms with Gasteiger partial charge >= 0.3 is 0 Å². The second-order valence-corrected chi connectivity index (χ2v) is 9.26. The van der Waals surface area contributed by atoms with Crippen molar-refractivity contribution in [2.75, 3.05) is 0 Å². The summed E-state index contributed by atoms with van der Waals surface area (Å²) in [6, 6.07) is 25.4. The average molecular weight is 508 g/mol. The van der Waals surface area contributed by atoms with Crippen LogP contribution in [0.2, 0.25) is 0 Å². The summed E-state index contributed by atoms with van der Waals surface area (Å²) in [5, 5.41) is 13.6. The van der Waals surface area contributed by atoms with E-state index in [1.807, 2.05) is 18.2 Å². The van der Waals surface area contributed by atoms with Crippen LogP contribution in [0.25, 0.3) is 11.3 Å². The molecule has 1 atom stereocenters. The number of hydrogen-bond acceptors (Lipinski definition) is 4. The van der Waals surface area contributed by atoms with Gasteiger partial charge in [-0.05, 0) is 49.1 Å². The van der Waals surface area contributed by atoms with Crippen molar-refractivity contribution in [2.45, 2.75) is 25.8 Å². The molecule has 162 valence electrons. The number of hydrogen-bond donors (Lipinski definition) is 0. The average Bonchev–Trinajstić information content (AvgIpc) is 3.22. The van der Waals surface area contributed by atoms with Crippen molar-refractivity contribution in [3.63, 3.8) is 0 Å². The zero-order valence-electron chi connectivity index (χ0n) is 17.5. The van der Waals surface area contributed by atoms with Crippen molar-refractivity contribution < 1.29 is 4.92 Å². The Bertz CT molecular complexity index is 1280. The van der Waals surface area contributed by atoms with E-state index in [-0.39, 0.29) is 16.7 Å². The quantitative estimate of drug-likeness (QED) is 0.194. The van der Waals surface area contributed by atoms with Crippen LogP contribution in [0.4, 0.5) is 11.4 Å². The third-order valence-corrected chi connectivity index (χ3v) is 6.68. The van der Waals surface area contributed by atoms with E-state index in [2.05, 4.69) is 69.2 Å². The lowest BCUT2D eigenvalue weighted by Gasteiger charge is -2.18. The highest BCUT2D eigenvalue weighted by Crippen LogP contribution is 2.29. The highest BCUT2D eigenvalue weighted by Gasteiger charge is 2.17. The molecule has 32 heavy (non-hydrogen) atoms. The number of nitro benzene ring substituents is 1. The summed E-state index contributed by atoms with van der Waals surface area (Å²) < 4.78 is 3.22. The predicted octanol–water partition coefficient (Wildman–Crippen LogP) is 7.31. The van der Waals surface area contributed by atoms with Gasteiger partial charge in [0.1, 0.15) is 5.69 Å². The molecule has 3 aromatic carbocycles. The molecule has 1 heterocycles. The van der Waals surface area contributed by atoms with Gasteiger partial charge in [0.05, 0.1) is 10.6 Å². The Hall–Kier alpha value is -3.03. The zero-order valence-corrected chi connectivity index (χ0v) is 19.9. The van der Waals surface area contributed by atoms with Crippen LogP contribution in [0.3, 0.4) is 0 Å². The van der Waals surface area contributed by atoms with Gasteiger partial charge in [0.15, 0.2) is 4.80 Å². The summed E-state index contributed by atoms with van der Waals surface area (Å²) in [6.07, 6.45) is 1.86. The number of nitrogens with zero attached hydrogens (tertiary/aromatic N) is 3. The first-order valence-electron chi connectivity index (χ1n) is 10.3. The lowest BCUT2D eigenvalue weighted by atomic mass is 10.1. The predicted molar refractivity (Wildman–Crippen MR) is 133 cm³/mol. The topological polar surface area (TPSA) is 60.4 Å². The van der Waals surface area contributed by atoms with Gasteiger partial charge in [-0.3, -0.25) is 10.1 Å². The minimum absolute atomic E-state index is 0.00887. The number of aryl methyl sites for hydroxylation is 1. The van der Waals surface area contributed by atoms with Gasteiger partial charge in [0.25, 0.3) is 5.69 Å². The molecule has 0 radical (unpaired) electrons. The highest BCUT2D eigenvalue weighted by molar-refractivity contribution is 9.10. The molecule has 0 saturated heterocycles. The largest absolute Gasteiger partial charge is 0.314 e. The first-order valence-corrected chi connectivity index (χ1v) is 12.0. The number of rotatable bonds is 7. The maximum Gasteiger partial charge on any atom is 0.294 e. The molecule has 0 N–H and O–H groups in total. The number of thiazole rings is 1. The van der Waals surface area contributed by atoms with Crippen molar-refractivity contribution >= 4 is 38.6 Å². The van der Waals surface area contributed by atoms with E-state index in [4.69, 9.17) is 4.99 Å². The van der Waals surface area contributed by atoms with E-state index >= 15 is 0 Å². The number of nitro groups is 1. The summed E-state index contributed by atoms with van der Waals surface area (Å²) in [4.78, 5) is 16.6. The van der Waals surface area contributed by atoms with E-state index in [1.165, 1.54) is 23.0 Å². The fourth-order valence-electron chi connectivity index (χ4n) is 3.62. The number of aromatic nitrogens is 1. The molecule has 7 heteroatoms. The molecule has 5 nitrogen and oxygen atoms in total. The molecular formula is C25H22BrN3O2S. The van der Waals surface area contributed by atoms with Gasteiger partial charge in [-0.1, -0.05) is 70.5 Å². The van der Waals surface area contributed by atoms with Crippen LogP contribution in [0.1, 0.15) is 24.9 Å². The first kappa shape index (κ1) is 22.2. The van der Waals surface area contributed by atoms with Crippen LogP contribution in [-0.4, -0.2) is 9.49 Å². The summed E-state index contributed by atoms with van der Waals surface area (Å²) in [6.45, 7) is 2.18. The molecule has 0 amide bonds. The Morgan fingerprint density at radius 2 is 1.72 bits per heavy atom. The van der Waals surface area contributed by atoms with Crippen LogP contribution in [0, 0.1) is 10.1 Å². The zero-order chi connectivity index (χ0) is 22.5. The van der Waals surface area contributed by atoms with E-state index in [9.17, 15) is 10.1 Å². The van der Waals surface area contributed by atoms with E-state index in [1.54, 1.807) is 18.2 Å². The van der Waals surface area contributed by atoms with Crippen LogP contribution in [0.5, 0.6) is 0 Å². The van der Waals surface area contributed by atoms with Crippen LogP contribution >= 0.6 is 27.3 Å². The molecule has 4 rings (SSSR count). The van der Waals surface area contributed by atoms with Crippen LogP contribution in [-0.2, 0) is 6.42 Å². The molecule has 4 aromatic rings. The van der Waals surface area contributed by atoms with E-state index in [0.717, 1.165) is 33.4 Å². The number of para-hydroxylation sites is 2. The maximum absolute atomic E-state index is 11.5. The van der Waals surface area contributed by atoms with Crippen LogP contribution in [0.15, 0.2) is 93.7 Å². The third kappa shape index (κ3) is 5.06. The SMILES string of the molecule is CC(CCc1ccccc1)n1c(-c2ccc(Br)cc2)csc1=Nc1ccccc1[N+](=O)[O-]. The number of halogens is 1. The molecule has 0 aliphatic heterocycles. The molecule has 0 fully saturated rings. The summed E-state index contributed by atoms with van der Waals surface area (Å²) in [7, 11) is 0. The second kappa shape index (κ2) is 10.1. The van der Waals surface area contributed by atoms with Gasteiger partial charge in [-0.15, -0.1) is 11.3 Å². The van der Waals surface area contributed by atoms with Gasteiger partial charge in [-0.2, -0.15) is 0 Å². The standard InChI is InChI=1S/C25H22BrN3O2S/c1-18(11-12-19-7-3-2-4-8-19)28-24(20-13-15-21(26)16-14-20)17-32-25(28)27-22-9-5-6-10-23(22)29(30)31/h2-10,13-18H,11-12H2,1H3. The Morgan fingerprint density at radius 3 is 2.44 bits per heavy atom. The molecule has 0 aliphatic rings. The van der Waals surface area contributed by atoms with Gasteiger partial charge in [-0.25, -0.2) is 4.99 Å². The molecular weight excluding hydrogens is 486 g/mol. The fraction of sp³-hybridized carbons (Fsp3) is 0.160. The fourth-order valence-corrected chi connectivity index (χ4v) is 4.90. The lowest BCUT2D eigenvalue weighted by Crippen LogP contribution is -2.20. The first-order chi connectivity index (χ1) is 15.5. The van der Waals surface area contributed by atoms with Crippen molar-refractivity contribution in [2.24, 2.45) is 4.99 Å². The third-order valence-electron chi connectivity index (χ3n) is 5.31. The van der Waals surface area contributed by atoms with Gasteiger partial charge < -0.3 is 4.57 Å². The van der Waals surface area contributed by atoms with E-state index in [0.29, 0.717) is 5.69 Å². The molecule has 0 aliphatic carbocycles. The Balaban J connectivity index is 1.78. The summed E-state index contributed by atoms with van der Waals surface area (Å²) in [5.41, 5.74) is 3.80. The van der Waals surface area contributed by atoms with Crippen molar-refractivity contribution in [3.8, 4) is 11.3 Å². The second-order valence-electron chi connectivity index (χ2n) is 7.51. The Morgan fingerprint density at radius 1 is 1.03 bits per heavy atom.